The lowest BCUT2D eigenvalue weighted by Crippen LogP contribution is -2.26. The first-order chi connectivity index (χ1) is 15.5. The summed E-state index contributed by atoms with van der Waals surface area (Å²) >= 11 is 1.49. The van der Waals surface area contributed by atoms with Gasteiger partial charge in [-0.25, -0.2) is 9.50 Å². The Balaban J connectivity index is 1.38. The van der Waals surface area contributed by atoms with E-state index in [1.807, 2.05) is 68.4 Å². The monoisotopic (exact) mass is 447 g/mol. The Morgan fingerprint density at radius 1 is 1.09 bits per heavy atom. The molecule has 0 radical (unpaired) electrons. The smallest absolute Gasteiger partial charge is 0.253 e. The molecule has 0 saturated carbocycles. The molecule has 1 amide bonds. The van der Waals surface area contributed by atoms with E-state index in [-0.39, 0.29) is 5.91 Å². The van der Waals surface area contributed by atoms with Crippen molar-refractivity contribution in [2.45, 2.75) is 31.2 Å². The number of thioether (sulfide) groups is 1. The number of aryl methyl sites for hydroxylation is 2. The average Bonchev–Trinajstić information content (AvgIpc) is 3.21. The minimum absolute atomic E-state index is 0.0780. The van der Waals surface area contributed by atoms with Crippen molar-refractivity contribution >= 4 is 23.4 Å². The lowest BCUT2D eigenvalue weighted by atomic mass is 10.1. The summed E-state index contributed by atoms with van der Waals surface area (Å²) in [7, 11) is 1.65. The van der Waals surface area contributed by atoms with Crippen molar-refractivity contribution in [1.29, 1.82) is 0 Å². The first-order valence-corrected chi connectivity index (χ1v) is 11.3. The molecule has 0 spiro atoms. The van der Waals surface area contributed by atoms with Crippen LogP contribution in [0.1, 0.15) is 32.9 Å². The Hall–Kier alpha value is -3.39. The van der Waals surface area contributed by atoms with Crippen LogP contribution in [-0.4, -0.2) is 39.1 Å². The zero-order chi connectivity index (χ0) is 22.5. The molecule has 0 fully saturated rings. The molecule has 8 heteroatoms. The molecule has 0 unspecified atom stereocenters. The second kappa shape index (κ2) is 9.82. The highest BCUT2D eigenvalue weighted by molar-refractivity contribution is 7.98. The van der Waals surface area contributed by atoms with Crippen LogP contribution < -0.4 is 10.1 Å². The van der Waals surface area contributed by atoms with Gasteiger partial charge < -0.3 is 10.1 Å². The van der Waals surface area contributed by atoms with Gasteiger partial charge in [-0.1, -0.05) is 42.1 Å². The molecule has 0 bridgehead atoms. The number of hydrogen-bond donors (Lipinski definition) is 1. The van der Waals surface area contributed by atoms with Crippen LogP contribution in [0.25, 0.3) is 5.78 Å². The zero-order valence-corrected chi connectivity index (χ0v) is 19.1. The van der Waals surface area contributed by atoms with Gasteiger partial charge >= 0.3 is 0 Å². The van der Waals surface area contributed by atoms with Gasteiger partial charge in [0.2, 0.25) is 5.16 Å². The van der Waals surface area contributed by atoms with E-state index in [1.165, 1.54) is 11.8 Å². The van der Waals surface area contributed by atoms with Crippen LogP contribution >= 0.6 is 11.8 Å². The van der Waals surface area contributed by atoms with Crippen molar-refractivity contribution in [3.05, 3.63) is 82.7 Å². The maximum Gasteiger partial charge on any atom is 0.253 e. The van der Waals surface area contributed by atoms with E-state index in [4.69, 9.17) is 4.74 Å². The third-order valence-corrected chi connectivity index (χ3v) is 5.96. The number of nitrogens with zero attached hydrogens (tertiary/aromatic N) is 4. The van der Waals surface area contributed by atoms with Crippen LogP contribution in [0.4, 0.5) is 0 Å². The third-order valence-electron chi connectivity index (χ3n) is 5.08. The van der Waals surface area contributed by atoms with Crippen molar-refractivity contribution < 1.29 is 9.53 Å². The molecule has 2 aromatic carbocycles. The minimum Gasteiger partial charge on any atom is -0.497 e. The fourth-order valence-corrected chi connectivity index (χ4v) is 4.25. The van der Waals surface area contributed by atoms with Gasteiger partial charge in [0.1, 0.15) is 5.75 Å². The molecule has 0 aliphatic heterocycles. The predicted octanol–water partition coefficient (Wildman–Crippen LogP) is 4.01. The average molecular weight is 448 g/mol. The topological polar surface area (TPSA) is 81.4 Å². The Bertz CT molecular complexity index is 1240. The summed E-state index contributed by atoms with van der Waals surface area (Å²) in [5.74, 6) is 1.93. The lowest BCUT2D eigenvalue weighted by Gasteiger charge is -2.10. The maximum absolute atomic E-state index is 12.8. The van der Waals surface area contributed by atoms with Crippen LogP contribution in [0, 0.1) is 13.8 Å². The molecule has 32 heavy (non-hydrogen) atoms. The Kier molecular flexibility index (Phi) is 6.70. The van der Waals surface area contributed by atoms with Crippen molar-refractivity contribution in [3.8, 4) is 5.75 Å². The Morgan fingerprint density at radius 3 is 2.66 bits per heavy atom. The lowest BCUT2D eigenvalue weighted by molar-refractivity contribution is 0.0953. The fraction of sp³-hybridized carbons (Fsp3) is 0.250. The van der Waals surface area contributed by atoms with Crippen LogP contribution in [0.15, 0.2) is 59.8 Å². The molecule has 4 aromatic rings. The highest BCUT2D eigenvalue weighted by atomic mass is 32.2. The number of ether oxygens (including phenoxy) is 1. The zero-order valence-electron chi connectivity index (χ0n) is 18.3. The number of aromatic nitrogens is 4. The number of amides is 1. The van der Waals surface area contributed by atoms with Gasteiger partial charge in [-0.2, -0.15) is 4.98 Å². The van der Waals surface area contributed by atoms with E-state index < -0.39 is 0 Å². The molecule has 2 aromatic heterocycles. The Labute approximate surface area is 191 Å². The number of carbonyl (C=O) groups is 1. The van der Waals surface area contributed by atoms with E-state index in [9.17, 15) is 4.79 Å². The summed E-state index contributed by atoms with van der Waals surface area (Å²) in [6.45, 7) is 4.49. The second-order valence-corrected chi connectivity index (χ2v) is 8.39. The van der Waals surface area contributed by atoms with Gasteiger partial charge in [0, 0.05) is 29.2 Å². The van der Waals surface area contributed by atoms with Crippen molar-refractivity contribution in [2.75, 3.05) is 13.7 Å². The maximum atomic E-state index is 12.8. The second-order valence-electron chi connectivity index (χ2n) is 7.44. The van der Waals surface area contributed by atoms with Gasteiger partial charge in [-0.05, 0) is 55.7 Å². The molecule has 4 rings (SSSR count). The van der Waals surface area contributed by atoms with Gasteiger partial charge in [0.05, 0.1) is 7.11 Å². The normalized spacial score (nSPS) is 11.0. The van der Waals surface area contributed by atoms with Gasteiger partial charge in [0.25, 0.3) is 11.7 Å². The highest BCUT2D eigenvalue weighted by Gasteiger charge is 2.13. The highest BCUT2D eigenvalue weighted by Crippen LogP contribution is 2.23. The number of hydrogen-bond acceptors (Lipinski definition) is 6. The van der Waals surface area contributed by atoms with E-state index >= 15 is 0 Å². The molecule has 2 heterocycles. The summed E-state index contributed by atoms with van der Waals surface area (Å²) in [5.41, 5.74) is 4.66. The largest absolute Gasteiger partial charge is 0.497 e. The predicted molar refractivity (Wildman–Crippen MR) is 125 cm³/mol. The molecular weight excluding hydrogens is 422 g/mol. The Morgan fingerprint density at radius 2 is 1.88 bits per heavy atom. The number of nitrogens with one attached hydrogen (secondary N) is 1. The molecule has 1 N–H and O–H groups in total. The third kappa shape index (κ3) is 5.08. The summed E-state index contributed by atoms with van der Waals surface area (Å²) in [4.78, 5) is 21.7. The summed E-state index contributed by atoms with van der Waals surface area (Å²) in [5, 5.41) is 8.20. The first kappa shape index (κ1) is 21.8. The SMILES string of the molecule is COc1ccc(CCNC(=O)c2ccccc2CSc2nc3nc(C)cc(C)n3n2)cc1. The number of methoxy groups -OCH3 is 1. The minimum atomic E-state index is -0.0780. The number of benzene rings is 2. The molecule has 0 aliphatic rings. The van der Waals surface area contributed by atoms with Crippen LogP contribution in [-0.2, 0) is 12.2 Å². The van der Waals surface area contributed by atoms with Crippen LogP contribution in [0.2, 0.25) is 0 Å². The molecule has 0 aliphatic carbocycles. The van der Waals surface area contributed by atoms with Gasteiger partial charge in [-0.15, -0.1) is 5.10 Å². The van der Waals surface area contributed by atoms with E-state index in [0.29, 0.717) is 28.8 Å². The standard InChI is InChI=1S/C24H25N5O2S/c1-16-14-17(2)29-23(26-16)27-24(28-29)32-15-19-6-4-5-7-21(19)22(30)25-13-12-18-8-10-20(31-3)11-9-18/h4-11,14H,12-13,15H2,1-3H3,(H,25,30). The number of rotatable bonds is 8. The molecular formula is C24H25N5O2S. The summed E-state index contributed by atoms with van der Waals surface area (Å²) in [6, 6.07) is 17.5. The van der Waals surface area contributed by atoms with Crippen molar-refractivity contribution in [1.82, 2.24) is 24.9 Å². The summed E-state index contributed by atoms with van der Waals surface area (Å²) < 4.78 is 6.92. The number of fused-ring (bicyclic) bond motifs is 1. The van der Waals surface area contributed by atoms with Gasteiger partial charge in [-0.3, -0.25) is 4.79 Å². The van der Waals surface area contributed by atoms with E-state index in [2.05, 4.69) is 20.4 Å². The molecule has 0 atom stereocenters. The number of carbonyl (C=O) groups excluding carboxylic acids is 1. The van der Waals surface area contributed by atoms with Crippen LogP contribution in [0.3, 0.4) is 0 Å². The molecule has 7 nitrogen and oxygen atoms in total. The van der Waals surface area contributed by atoms with Crippen molar-refractivity contribution in [2.24, 2.45) is 0 Å². The van der Waals surface area contributed by atoms with Crippen molar-refractivity contribution in [3.63, 3.8) is 0 Å². The quantitative estimate of drug-likeness (QED) is 0.411. The molecule has 164 valence electrons. The summed E-state index contributed by atoms with van der Waals surface area (Å²) in [6.07, 6.45) is 0.754. The molecule has 0 saturated heterocycles. The fourth-order valence-electron chi connectivity index (χ4n) is 3.43. The van der Waals surface area contributed by atoms with Gasteiger partial charge in [0.15, 0.2) is 0 Å². The first-order valence-electron chi connectivity index (χ1n) is 10.4. The van der Waals surface area contributed by atoms with E-state index in [1.54, 1.807) is 11.6 Å². The van der Waals surface area contributed by atoms with Crippen LogP contribution in [0.5, 0.6) is 5.75 Å². The van der Waals surface area contributed by atoms with E-state index in [0.717, 1.165) is 34.7 Å².